The average molecular weight is 150 g/mol. The molecule has 1 rings (SSSR count). The minimum Gasteiger partial charge on any atom is -0.323 e. The van der Waals surface area contributed by atoms with Gasteiger partial charge in [-0.25, -0.2) is 0 Å². The number of benzene rings is 1. The molecule has 11 heavy (non-hydrogen) atoms. The maximum Gasteiger partial charge on any atom is 0.239 e. The largest absolute Gasteiger partial charge is 0.323 e. The molecule has 3 nitrogen and oxygen atoms in total. The Kier molecular flexibility index (Phi) is 3.15. The topological polar surface area (TPSA) is 40.8 Å². The lowest BCUT2D eigenvalue weighted by atomic mass is 10.2. The monoisotopic (exact) mass is 150 g/mol. The van der Waals surface area contributed by atoms with Gasteiger partial charge in [-0.1, -0.05) is 30.3 Å². The van der Waals surface area contributed by atoms with Crippen LogP contribution in [0.1, 0.15) is 5.56 Å². The van der Waals surface area contributed by atoms with Crippen molar-refractivity contribution in [3.05, 3.63) is 35.9 Å². The second-order valence-electron chi connectivity index (χ2n) is 1.95. The normalized spacial score (nSPS) is 9.09. The number of rotatable bonds is 4. The molecular weight excluding hydrogens is 142 g/mol. The molecule has 1 aromatic carbocycles. The van der Waals surface area contributed by atoms with E-state index in [1.165, 1.54) is 0 Å². The van der Waals surface area contributed by atoms with Gasteiger partial charge in [0, 0.05) is 0 Å². The van der Waals surface area contributed by atoms with Crippen molar-refractivity contribution in [1.29, 1.82) is 0 Å². The Morgan fingerprint density at radius 3 is 2.64 bits per heavy atom. The SMILES string of the molecule is [N]=COOCc1ccccc1. The van der Waals surface area contributed by atoms with Gasteiger partial charge >= 0.3 is 0 Å². The molecule has 0 aliphatic heterocycles. The first-order valence-electron chi connectivity index (χ1n) is 3.21. The van der Waals surface area contributed by atoms with Crippen molar-refractivity contribution in [3.8, 4) is 0 Å². The predicted molar refractivity (Wildman–Crippen MR) is 40.5 cm³/mol. The first kappa shape index (κ1) is 7.75. The van der Waals surface area contributed by atoms with Crippen molar-refractivity contribution in [3.63, 3.8) is 0 Å². The van der Waals surface area contributed by atoms with E-state index in [9.17, 15) is 0 Å². The van der Waals surface area contributed by atoms with Crippen LogP contribution in [0, 0.1) is 0 Å². The first-order chi connectivity index (χ1) is 5.43. The fourth-order valence-corrected chi connectivity index (χ4v) is 0.707. The first-order valence-corrected chi connectivity index (χ1v) is 3.21. The van der Waals surface area contributed by atoms with Crippen molar-refractivity contribution >= 4 is 6.40 Å². The van der Waals surface area contributed by atoms with E-state index in [2.05, 4.69) is 9.78 Å². The lowest BCUT2D eigenvalue weighted by molar-refractivity contribution is -0.227. The van der Waals surface area contributed by atoms with Gasteiger partial charge < -0.3 is 4.89 Å². The van der Waals surface area contributed by atoms with Crippen molar-refractivity contribution in [2.24, 2.45) is 0 Å². The quantitative estimate of drug-likeness (QED) is 0.211. The van der Waals surface area contributed by atoms with E-state index in [-0.39, 0.29) is 0 Å². The Hall–Kier alpha value is -1.35. The summed E-state index contributed by atoms with van der Waals surface area (Å²) in [5.74, 6) is 0. The Balaban J connectivity index is 2.33. The van der Waals surface area contributed by atoms with Gasteiger partial charge in [0.2, 0.25) is 6.40 Å². The lowest BCUT2D eigenvalue weighted by Gasteiger charge is -1.98. The molecule has 0 fully saturated rings. The molecule has 0 spiro atoms. The Morgan fingerprint density at radius 1 is 1.27 bits per heavy atom. The van der Waals surface area contributed by atoms with Gasteiger partial charge in [0.25, 0.3) is 0 Å². The Morgan fingerprint density at radius 2 is 2.00 bits per heavy atom. The fraction of sp³-hybridized carbons (Fsp3) is 0.125. The predicted octanol–water partition coefficient (Wildman–Crippen LogP) is 0.963. The number of hydrogen-bond donors (Lipinski definition) is 0. The van der Waals surface area contributed by atoms with Gasteiger partial charge in [-0.05, 0) is 5.56 Å². The maximum absolute atomic E-state index is 8.07. The summed E-state index contributed by atoms with van der Waals surface area (Å²) in [6.45, 7) is 0.331. The van der Waals surface area contributed by atoms with Crippen LogP contribution >= 0.6 is 0 Å². The smallest absolute Gasteiger partial charge is 0.239 e. The van der Waals surface area contributed by atoms with Crippen LogP contribution < -0.4 is 5.41 Å². The standard InChI is InChI=1S/C8H8NO2/c9-7-11-10-6-8-4-2-1-3-5-8/h1-5,7H,6H2. The molecule has 0 N–H and O–H groups in total. The summed E-state index contributed by atoms with van der Waals surface area (Å²) in [7, 11) is 0. The maximum atomic E-state index is 8.07. The summed E-state index contributed by atoms with van der Waals surface area (Å²) in [5, 5.41) is 8.07. The molecule has 0 bridgehead atoms. The highest BCUT2D eigenvalue weighted by atomic mass is 17.2. The van der Waals surface area contributed by atoms with Gasteiger partial charge in [-0.2, -0.15) is 4.89 Å². The summed E-state index contributed by atoms with van der Waals surface area (Å²) in [4.78, 5) is 8.73. The van der Waals surface area contributed by atoms with Crippen LogP contribution in [-0.2, 0) is 16.4 Å². The molecule has 57 valence electrons. The van der Waals surface area contributed by atoms with Crippen molar-refractivity contribution in [2.75, 3.05) is 0 Å². The molecule has 0 saturated heterocycles. The van der Waals surface area contributed by atoms with E-state index >= 15 is 0 Å². The molecule has 0 heterocycles. The summed E-state index contributed by atoms with van der Waals surface area (Å²) < 4.78 is 0. The highest BCUT2D eigenvalue weighted by Crippen LogP contribution is 1.99. The summed E-state index contributed by atoms with van der Waals surface area (Å²) >= 11 is 0. The third kappa shape index (κ3) is 2.82. The van der Waals surface area contributed by atoms with Crippen molar-refractivity contribution in [1.82, 2.24) is 5.41 Å². The molecular formula is C8H8NO2. The van der Waals surface area contributed by atoms with Gasteiger partial charge in [0.05, 0.1) is 0 Å². The summed E-state index contributed by atoms with van der Waals surface area (Å²) in [5.41, 5.74) is 0.995. The van der Waals surface area contributed by atoms with E-state index in [1.807, 2.05) is 30.3 Å². The molecule has 0 unspecified atom stereocenters. The van der Waals surface area contributed by atoms with Crippen LogP contribution in [0.2, 0.25) is 0 Å². The number of hydrogen-bond acceptors (Lipinski definition) is 2. The van der Waals surface area contributed by atoms with Crippen LogP contribution in [0.3, 0.4) is 0 Å². The van der Waals surface area contributed by atoms with E-state index < -0.39 is 0 Å². The highest BCUT2D eigenvalue weighted by molar-refractivity contribution is 5.41. The van der Waals surface area contributed by atoms with Gasteiger partial charge in [0.1, 0.15) is 6.61 Å². The molecule has 0 amide bonds. The second kappa shape index (κ2) is 4.46. The molecule has 1 radical (unpaired) electrons. The van der Waals surface area contributed by atoms with Gasteiger partial charge in [0.15, 0.2) is 0 Å². The zero-order valence-electron chi connectivity index (χ0n) is 5.93. The fourth-order valence-electron chi connectivity index (χ4n) is 0.707. The van der Waals surface area contributed by atoms with Crippen LogP contribution in [0.15, 0.2) is 30.3 Å². The van der Waals surface area contributed by atoms with Gasteiger partial charge in [-0.3, -0.25) is 0 Å². The lowest BCUT2D eigenvalue weighted by Crippen LogP contribution is -1.92. The second-order valence-corrected chi connectivity index (χ2v) is 1.95. The summed E-state index contributed by atoms with van der Waals surface area (Å²) in [6, 6.07) is 9.53. The van der Waals surface area contributed by atoms with Crippen molar-refractivity contribution in [2.45, 2.75) is 6.61 Å². The third-order valence-electron chi connectivity index (χ3n) is 1.18. The Labute approximate surface area is 65.0 Å². The van der Waals surface area contributed by atoms with Crippen LogP contribution in [-0.4, -0.2) is 6.40 Å². The average Bonchev–Trinajstić information content (AvgIpc) is 2.07. The zero-order chi connectivity index (χ0) is 7.94. The molecule has 0 aromatic heterocycles. The van der Waals surface area contributed by atoms with E-state index in [4.69, 9.17) is 5.41 Å². The van der Waals surface area contributed by atoms with E-state index in [1.54, 1.807) is 0 Å². The molecule has 0 aliphatic rings. The third-order valence-corrected chi connectivity index (χ3v) is 1.18. The van der Waals surface area contributed by atoms with Gasteiger partial charge in [-0.15, -0.1) is 5.41 Å². The number of nitrogens with zero attached hydrogens (tertiary/aromatic N) is 1. The highest BCUT2D eigenvalue weighted by Gasteiger charge is 1.89. The van der Waals surface area contributed by atoms with Crippen LogP contribution in [0.25, 0.3) is 0 Å². The molecule has 1 aromatic rings. The Bertz CT molecular complexity index is 211. The molecule has 0 saturated carbocycles. The molecule has 0 aliphatic carbocycles. The van der Waals surface area contributed by atoms with E-state index in [0.717, 1.165) is 5.56 Å². The van der Waals surface area contributed by atoms with Crippen LogP contribution in [0.5, 0.6) is 0 Å². The minimum atomic E-state index is 0.331. The molecule has 0 atom stereocenters. The van der Waals surface area contributed by atoms with Crippen molar-refractivity contribution < 1.29 is 9.78 Å². The van der Waals surface area contributed by atoms with Crippen LogP contribution in [0.4, 0.5) is 0 Å². The van der Waals surface area contributed by atoms with E-state index in [0.29, 0.717) is 13.0 Å². The zero-order valence-corrected chi connectivity index (χ0v) is 5.93. The minimum absolute atomic E-state index is 0.331. The molecule has 3 heteroatoms. The summed E-state index contributed by atoms with van der Waals surface area (Å²) in [6.07, 6.45) is 0.503.